The molecule has 0 saturated heterocycles. The number of carboxylic acids is 1. The summed E-state index contributed by atoms with van der Waals surface area (Å²) in [6.07, 6.45) is -0.767. The van der Waals surface area contributed by atoms with E-state index in [0.717, 1.165) is 4.47 Å². The molecule has 1 rings (SSSR count). The van der Waals surface area contributed by atoms with Gasteiger partial charge in [-0.25, -0.2) is 0 Å². The predicted molar refractivity (Wildman–Crippen MR) is 69.5 cm³/mol. The number of ether oxygens (including phenoxy) is 1. The first-order chi connectivity index (χ1) is 8.49. The average Bonchev–Trinajstić information content (AvgIpc) is 2.31. The fraction of sp³-hybridized carbons (Fsp3) is 0.333. The summed E-state index contributed by atoms with van der Waals surface area (Å²) in [5, 5.41) is 10.9. The van der Waals surface area contributed by atoms with E-state index in [-0.39, 0.29) is 18.9 Å². The molecule has 1 aromatic rings. The highest BCUT2D eigenvalue weighted by molar-refractivity contribution is 9.10. The maximum Gasteiger partial charge on any atom is 0.305 e. The summed E-state index contributed by atoms with van der Waals surface area (Å²) >= 11 is 3.30. The SMILES string of the molecule is CC(Oc1ccc(Br)cc1)C(=O)NCCC(=O)O. The summed E-state index contributed by atoms with van der Waals surface area (Å²) < 4.78 is 6.33. The molecule has 0 bridgehead atoms. The Morgan fingerprint density at radius 3 is 2.56 bits per heavy atom. The number of carbonyl (C=O) groups excluding carboxylic acids is 1. The van der Waals surface area contributed by atoms with Crippen molar-refractivity contribution >= 4 is 27.8 Å². The van der Waals surface area contributed by atoms with Crippen LogP contribution in [0.4, 0.5) is 0 Å². The highest BCUT2D eigenvalue weighted by Crippen LogP contribution is 2.17. The van der Waals surface area contributed by atoms with Crippen molar-refractivity contribution in [3.05, 3.63) is 28.7 Å². The summed E-state index contributed by atoms with van der Waals surface area (Å²) in [5.74, 6) is -0.699. The van der Waals surface area contributed by atoms with Crippen LogP contribution in [0.25, 0.3) is 0 Å². The smallest absolute Gasteiger partial charge is 0.305 e. The molecule has 1 amide bonds. The number of carboxylic acid groups (broad SMARTS) is 1. The first-order valence-corrected chi connectivity index (χ1v) is 6.20. The number of amides is 1. The lowest BCUT2D eigenvalue weighted by Gasteiger charge is -2.14. The van der Waals surface area contributed by atoms with Crippen molar-refractivity contribution in [2.45, 2.75) is 19.4 Å². The summed E-state index contributed by atoms with van der Waals surface area (Å²) in [7, 11) is 0. The monoisotopic (exact) mass is 315 g/mol. The van der Waals surface area contributed by atoms with Crippen LogP contribution in [-0.4, -0.2) is 29.6 Å². The van der Waals surface area contributed by atoms with E-state index in [0.29, 0.717) is 5.75 Å². The molecule has 0 aliphatic heterocycles. The number of carbonyl (C=O) groups is 2. The second-order valence-corrected chi connectivity index (χ2v) is 4.56. The van der Waals surface area contributed by atoms with Crippen LogP contribution in [0.5, 0.6) is 5.75 Å². The van der Waals surface area contributed by atoms with E-state index in [1.807, 2.05) is 12.1 Å². The second-order valence-electron chi connectivity index (χ2n) is 3.65. The second kappa shape index (κ2) is 7.00. The van der Waals surface area contributed by atoms with E-state index in [2.05, 4.69) is 21.2 Å². The van der Waals surface area contributed by atoms with Gasteiger partial charge >= 0.3 is 5.97 Å². The first kappa shape index (κ1) is 14.5. The van der Waals surface area contributed by atoms with E-state index in [1.165, 1.54) is 0 Å². The zero-order valence-electron chi connectivity index (χ0n) is 9.85. The minimum absolute atomic E-state index is 0.0994. The molecule has 1 unspecified atom stereocenters. The summed E-state index contributed by atoms with van der Waals surface area (Å²) in [6.45, 7) is 1.71. The quantitative estimate of drug-likeness (QED) is 0.839. The van der Waals surface area contributed by atoms with Gasteiger partial charge in [0.15, 0.2) is 6.10 Å². The van der Waals surface area contributed by atoms with Crippen molar-refractivity contribution in [1.82, 2.24) is 5.32 Å². The van der Waals surface area contributed by atoms with E-state index in [9.17, 15) is 9.59 Å². The minimum atomic E-state index is -0.947. The fourth-order valence-electron chi connectivity index (χ4n) is 1.21. The number of rotatable bonds is 6. The van der Waals surface area contributed by atoms with Gasteiger partial charge in [-0.3, -0.25) is 9.59 Å². The molecule has 5 nitrogen and oxygen atoms in total. The van der Waals surface area contributed by atoms with Gasteiger partial charge in [0.2, 0.25) is 0 Å². The number of nitrogens with one attached hydrogen (secondary N) is 1. The number of halogens is 1. The lowest BCUT2D eigenvalue weighted by molar-refractivity contribution is -0.137. The largest absolute Gasteiger partial charge is 0.481 e. The van der Waals surface area contributed by atoms with Crippen LogP contribution in [0.3, 0.4) is 0 Å². The maximum atomic E-state index is 11.6. The Bertz CT molecular complexity index is 419. The van der Waals surface area contributed by atoms with Crippen molar-refractivity contribution in [3.8, 4) is 5.75 Å². The van der Waals surface area contributed by atoms with Gasteiger partial charge in [-0.15, -0.1) is 0 Å². The summed E-state index contributed by atoms with van der Waals surface area (Å²) in [5.41, 5.74) is 0. The van der Waals surface area contributed by atoms with Gasteiger partial charge < -0.3 is 15.2 Å². The Kier molecular flexibility index (Phi) is 5.64. The Morgan fingerprint density at radius 2 is 2.00 bits per heavy atom. The van der Waals surface area contributed by atoms with Crippen LogP contribution in [0.1, 0.15) is 13.3 Å². The molecule has 18 heavy (non-hydrogen) atoms. The van der Waals surface area contributed by atoms with Crippen LogP contribution < -0.4 is 10.1 Å². The molecule has 0 aliphatic carbocycles. The van der Waals surface area contributed by atoms with Crippen molar-refractivity contribution in [1.29, 1.82) is 0 Å². The van der Waals surface area contributed by atoms with Crippen LogP contribution in [-0.2, 0) is 9.59 Å². The van der Waals surface area contributed by atoms with Gasteiger partial charge in [-0.05, 0) is 31.2 Å². The van der Waals surface area contributed by atoms with Crippen LogP contribution in [0.2, 0.25) is 0 Å². The van der Waals surface area contributed by atoms with Crippen LogP contribution >= 0.6 is 15.9 Å². The van der Waals surface area contributed by atoms with Crippen molar-refractivity contribution < 1.29 is 19.4 Å². The van der Waals surface area contributed by atoms with Crippen molar-refractivity contribution in [3.63, 3.8) is 0 Å². The lowest BCUT2D eigenvalue weighted by Crippen LogP contribution is -2.37. The zero-order valence-corrected chi connectivity index (χ0v) is 11.4. The maximum absolute atomic E-state index is 11.6. The number of benzene rings is 1. The van der Waals surface area contributed by atoms with E-state index in [1.54, 1.807) is 19.1 Å². The van der Waals surface area contributed by atoms with Gasteiger partial charge in [0.05, 0.1) is 6.42 Å². The zero-order chi connectivity index (χ0) is 13.5. The summed E-state index contributed by atoms with van der Waals surface area (Å²) in [6, 6.07) is 7.10. The highest BCUT2D eigenvalue weighted by Gasteiger charge is 2.14. The highest BCUT2D eigenvalue weighted by atomic mass is 79.9. The number of aliphatic carboxylic acids is 1. The standard InChI is InChI=1S/C12H14BrNO4/c1-8(12(17)14-7-6-11(15)16)18-10-4-2-9(13)3-5-10/h2-5,8H,6-7H2,1H3,(H,14,17)(H,15,16). The number of hydrogen-bond donors (Lipinski definition) is 2. The number of hydrogen-bond acceptors (Lipinski definition) is 3. The van der Waals surface area contributed by atoms with Gasteiger partial charge in [0.25, 0.3) is 5.91 Å². The Hall–Kier alpha value is -1.56. The van der Waals surface area contributed by atoms with Crippen molar-refractivity contribution in [2.75, 3.05) is 6.54 Å². The Labute approximate surface area is 113 Å². The molecule has 0 aromatic heterocycles. The van der Waals surface area contributed by atoms with Gasteiger partial charge in [0.1, 0.15) is 5.75 Å². The average molecular weight is 316 g/mol. The Morgan fingerprint density at radius 1 is 1.39 bits per heavy atom. The molecule has 98 valence electrons. The van der Waals surface area contributed by atoms with E-state index >= 15 is 0 Å². The molecule has 2 N–H and O–H groups in total. The molecule has 6 heteroatoms. The molecule has 0 fully saturated rings. The molecule has 0 spiro atoms. The van der Waals surface area contributed by atoms with Gasteiger partial charge in [0, 0.05) is 11.0 Å². The van der Waals surface area contributed by atoms with Crippen LogP contribution in [0, 0.1) is 0 Å². The summed E-state index contributed by atoms with van der Waals surface area (Å²) in [4.78, 5) is 21.8. The normalized spacial score (nSPS) is 11.7. The molecule has 0 radical (unpaired) electrons. The minimum Gasteiger partial charge on any atom is -0.481 e. The van der Waals surface area contributed by atoms with E-state index < -0.39 is 12.1 Å². The molecule has 0 heterocycles. The Balaban J connectivity index is 2.39. The lowest BCUT2D eigenvalue weighted by atomic mass is 10.3. The molecule has 1 aromatic carbocycles. The van der Waals surface area contributed by atoms with E-state index in [4.69, 9.17) is 9.84 Å². The molecular weight excluding hydrogens is 302 g/mol. The third-order valence-corrected chi connectivity index (χ3v) is 2.66. The van der Waals surface area contributed by atoms with Gasteiger partial charge in [-0.1, -0.05) is 15.9 Å². The third kappa shape index (κ3) is 5.18. The molecule has 0 saturated carbocycles. The first-order valence-electron chi connectivity index (χ1n) is 5.41. The molecule has 1 atom stereocenters. The van der Waals surface area contributed by atoms with Crippen LogP contribution in [0.15, 0.2) is 28.7 Å². The third-order valence-electron chi connectivity index (χ3n) is 2.13. The van der Waals surface area contributed by atoms with Gasteiger partial charge in [-0.2, -0.15) is 0 Å². The topological polar surface area (TPSA) is 75.6 Å². The predicted octanol–water partition coefficient (Wildman–Crippen LogP) is 1.81. The molecular formula is C12H14BrNO4. The fourth-order valence-corrected chi connectivity index (χ4v) is 1.47. The van der Waals surface area contributed by atoms with Crippen molar-refractivity contribution in [2.24, 2.45) is 0 Å². The molecule has 0 aliphatic rings.